The number of aromatic nitrogens is 1. The third-order valence-corrected chi connectivity index (χ3v) is 3.66. The molecule has 0 aliphatic carbocycles. The Morgan fingerprint density at radius 1 is 1.35 bits per heavy atom. The van der Waals surface area contributed by atoms with E-state index in [1.54, 1.807) is 12.1 Å². The molecule has 5 nitrogen and oxygen atoms in total. The van der Waals surface area contributed by atoms with E-state index < -0.39 is 0 Å². The summed E-state index contributed by atoms with van der Waals surface area (Å²) in [6.45, 7) is 2.38. The second-order valence-electron chi connectivity index (χ2n) is 5.42. The zero-order chi connectivity index (χ0) is 16.1. The minimum absolute atomic E-state index is 0.0941. The van der Waals surface area contributed by atoms with Crippen molar-refractivity contribution in [2.75, 3.05) is 19.6 Å². The Morgan fingerprint density at radius 3 is 2.91 bits per heavy atom. The largest absolute Gasteiger partial charge is 0.444 e. The smallest absolute Gasteiger partial charge is 0.226 e. The van der Waals surface area contributed by atoms with Gasteiger partial charge in [-0.2, -0.15) is 0 Å². The molecule has 1 aliphatic rings. The molecule has 0 saturated heterocycles. The van der Waals surface area contributed by atoms with Crippen molar-refractivity contribution >= 4 is 5.91 Å². The Kier molecular flexibility index (Phi) is 4.83. The molecule has 0 unspecified atom stereocenters. The molecule has 1 amide bonds. The highest BCUT2D eigenvalue weighted by molar-refractivity contribution is 5.78. The summed E-state index contributed by atoms with van der Waals surface area (Å²) in [6.07, 6.45) is 4.68. The third kappa shape index (κ3) is 4.26. The second kappa shape index (κ2) is 7.19. The Hall–Kier alpha value is -2.47. The van der Waals surface area contributed by atoms with Gasteiger partial charge in [0.2, 0.25) is 11.8 Å². The minimum atomic E-state index is -0.313. The SMILES string of the molecule is O=C(Cc1coc(-c2ccc(F)cc2)n1)NCC1=CCNCC1. The molecular formula is C17H18FN3O2. The Bertz CT molecular complexity index is 707. The molecule has 0 saturated carbocycles. The first kappa shape index (κ1) is 15.4. The van der Waals surface area contributed by atoms with Crippen LogP contribution in [0.2, 0.25) is 0 Å². The van der Waals surface area contributed by atoms with Crippen LogP contribution in [0.15, 0.2) is 46.6 Å². The number of hydrogen-bond acceptors (Lipinski definition) is 4. The molecule has 0 radical (unpaired) electrons. The molecule has 3 rings (SSSR count). The van der Waals surface area contributed by atoms with Crippen LogP contribution in [0.25, 0.3) is 11.5 Å². The van der Waals surface area contributed by atoms with Crippen molar-refractivity contribution in [3.63, 3.8) is 0 Å². The highest BCUT2D eigenvalue weighted by Gasteiger charge is 2.11. The lowest BCUT2D eigenvalue weighted by molar-refractivity contribution is -0.120. The fourth-order valence-corrected chi connectivity index (χ4v) is 2.38. The Morgan fingerprint density at radius 2 is 2.17 bits per heavy atom. The average molecular weight is 315 g/mol. The minimum Gasteiger partial charge on any atom is -0.444 e. The third-order valence-electron chi connectivity index (χ3n) is 3.66. The first-order valence-electron chi connectivity index (χ1n) is 7.56. The molecule has 0 spiro atoms. The molecule has 1 aliphatic heterocycles. The number of carbonyl (C=O) groups excluding carboxylic acids is 1. The number of benzene rings is 1. The summed E-state index contributed by atoms with van der Waals surface area (Å²) in [5.74, 6) is -0.0237. The van der Waals surface area contributed by atoms with Gasteiger partial charge in [0, 0.05) is 18.7 Å². The molecular weight excluding hydrogens is 297 g/mol. The fourth-order valence-electron chi connectivity index (χ4n) is 2.38. The summed E-state index contributed by atoms with van der Waals surface area (Å²) in [7, 11) is 0. The van der Waals surface area contributed by atoms with E-state index in [2.05, 4.69) is 21.7 Å². The number of amides is 1. The van der Waals surface area contributed by atoms with Crippen LogP contribution in [0.1, 0.15) is 12.1 Å². The van der Waals surface area contributed by atoms with E-state index in [0.29, 0.717) is 23.7 Å². The van der Waals surface area contributed by atoms with E-state index in [9.17, 15) is 9.18 Å². The topological polar surface area (TPSA) is 67.2 Å². The van der Waals surface area contributed by atoms with Gasteiger partial charge in [0.25, 0.3) is 0 Å². The van der Waals surface area contributed by atoms with Crippen LogP contribution >= 0.6 is 0 Å². The van der Waals surface area contributed by atoms with Crippen LogP contribution in [0.5, 0.6) is 0 Å². The van der Waals surface area contributed by atoms with Crippen LogP contribution in [-0.4, -0.2) is 30.5 Å². The van der Waals surface area contributed by atoms with Gasteiger partial charge in [0.05, 0.1) is 12.1 Å². The summed E-state index contributed by atoms with van der Waals surface area (Å²) < 4.78 is 18.3. The van der Waals surface area contributed by atoms with Crippen LogP contribution in [0.4, 0.5) is 4.39 Å². The van der Waals surface area contributed by atoms with E-state index in [0.717, 1.165) is 19.5 Å². The molecule has 0 bridgehead atoms. The normalized spacial score (nSPS) is 14.4. The maximum atomic E-state index is 12.9. The number of carbonyl (C=O) groups is 1. The van der Waals surface area contributed by atoms with E-state index in [-0.39, 0.29) is 18.1 Å². The molecule has 2 heterocycles. The van der Waals surface area contributed by atoms with E-state index in [4.69, 9.17) is 4.42 Å². The fraction of sp³-hybridized carbons (Fsp3) is 0.294. The Labute approximate surface area is 133 Å². The van der Waals surface area contributed by atoms with Crippen LogP contribution in [0.3, 0.4) is 0 Å². The maximum Gasteiger partial charge on any atom is 0.226 e. The zero-order valence-corrected chi connectivity index (χ0v) is 12.6. The van der Waals surface area contributed by atoms with Gasteiger partial charge in [-0.1, -0.05) is 11.6 Å². The number of halogens is 1. The lowest BCUT2D eigenvalue weighted by atomic mass is 10.1. The predicted octanol–water partition coefficient (Wildman–Crippen LogP) is 2.06. The lowest BCUT2D eigenvalue weighted by Gasteiger charge is -2.14. The van der Waals surface area contributed by atoms with Gasteiger partial charge in [-0.05, 0) is 37.2 Å². The van der Waals surface area contributed by atoms with E-state index >= 15 is 0 Å². The summed E-state index contributed by atoms with van der Waals surface area (Å²) in [5, 5.41) is 6.12. The zero-order valence-electron chi connectivity index (χ0n) is 12.6. The highest BCUT2D eigenvalue weighted by atomic mass is 19.1. The molecule has 1 aromatic carbocycles. The quantitative estimate of drug-likeness (QED) is 0.829. The molecule has 120 valence electrons. The summed E-state index contributed by atoms with van der Waals surface area (Å²) in [5.41, 5.74) is 2.48. The molecule has 1 aromatic heterocycles. The van der Waals surface area contributed by atoms with Gasteiger partial charge >= 0.3 is 0 Å². The lowest BCUT2D eigenvalue weighted by Crippen LogP contribution is -2.30. The number of nitrogens with zero attached hydrogens (tertiary/aromatic N) is 1. The van der Waals surface area contributed by atoms with Gasteiger partial charge in [0.1, 0.15) is 12.1 Å². The average Bonchev–Trinajstić information content (AvgIpc) is 3.03. The van der Waals surface area contributed by atoms with Gasteiger partial charge in [-0.3, -0.25) is 4.79 Å². The predicted molar refractivity (Wildman–Crippen MR) is 84.2 cm³/mol. The highest BCUT2D eigenvalue weighted by Crippen LogP contribution is 2.19. The Balaban J connectivity index is 1.55. The second-order valence-corrected chi connectivity index (χ2v) is 5.42. The van der Waals surface area contributed by atoms with Gasteiger partial charge in [-0.15, -0.1) is 0 Å². The molecule has 2 N–H and O–H groups in total. The van der Waals surface area contributed by atoms with Crippen molar-refractivity contribution in [3.05, 3.63) is 53.7 Å². The molecule has 6 heteroatoms. The van der Waals surface area contributed by atoms with Gasteiger partial charge < -0.3 is 15.1 Å². The standard InChI is InChI=1S/C17H18FN3O2/c18-14-3-1-13(2-4-14)17-21-15(11-23-17)9-16(22)20-10-12-5-7-19-8-6-12/h1-5,11,19H,6-10H2,(H,20,22). The van der Waals surface area contributed by atoms with Crippen LogP contribution in [-0.2, 0) is 11.2 Å². The monoisotopic (exact) mass is 315 g/mol. The summed E-state index contributed by atoms with van der Waals surface area (Å²) >= 11 is 0. The van der Waals surface area contributed by atoms with Crippen molar-refractivity contribution in [1.82, 2.24) is 15.6 Å². The molecule has 2 aromatic rings. The van der Waals surface area contributed by atoms with Crippen molar-refractivity contribution in [2.45, 2.75) is 12.8 Å². The van der Waals surface area contributed by atoms with Gasteiger partial charge in [0.15, 0.2) is 0 Å². The van der Waals surface area contributed by atoms with Crippen molar-refractivity contribution in [2.24, 2.45) is 0 Å². The maximum absolute atomic E-state index is 12.9. The summed E-state index contributed by atoms with van der Waals surface area (Å²) in [4.78, 5) is 16.2. The molecule has 23 heavy (non-hydrogen) atoms. The number of nitrogens with one attached hydrogen (secondary N) is 2. The van der Waals surface area contributed by atoms with Crippen LogP contribution in [0, 0.1) is 5.82 Å². The summed E-state index contributed by atoms with van der Waals surface area (Å²) in [6, 6.07) is 5.88. The number of rotatable bonds is 5. The molecule has 0 fully saturated rings. The van der Waals surface area contributed by atoms with Crippen LogP contribution < -0.4 is 10.6 Å². The number of hydrogen-bond donors (Lipinski definition) is 2. The van der Waals surface area contributed by atoms with Crippen molar-refractivity contribution in [1.29, 1.82) is 0 Å². The molecule has 0 atom stereocenters. The van der Waals surface area contributed by atoms with Gasteiger partial charge in [-0.25, -0.2) is 9.37 Å². The van der Waals surface area contributed by atoms with E-state index in [1.165, 1.54) is 24.0 Å². The number of oxazole rings is 1. The first-order valence-corrected chi connectivity index (χ1v) is 7.56. The van der Waals surface area contributed by atoms with Crippen molar-refractivity contribution < 1.29 is 13.6 Å². The first-order chi connectivity index (χ1) is 11.2. The van der Waals surface area contributed by atoms with Crippen molar-refractivity contribution in [3.8, 4) is 11.5 Å². The van der Waals surface area contributed by atoms with E-state index in [1.807, 2.05) is 0 Å².